The van der Waals surface area contributed by atoms with Crippen LogP contribution >= 0.6 is 0 Å². The number of carbonyl (C=O) groups excluding carboxylic acids is 8. The molecule has 8 amide bonds. The molecule has 12 aromatic rings. The van der Waals surface area contributed by atoms with E-state index in [1.165, 1.54) is 0 Å². The largest absolute Gasteiger partial charge is 0.377 e. The summed E-state index contributed by atoms with van der Waals surface area (Å²) in [7, 11) is 0. The molecule has 16 rings (SSSR count). The predicted molar refractivity (Wildman–Crippen MR) is 301 cm³/mol. The van der Waals surface area contributed by atoms with E-state index < -0.39 is 82.6 Å². The highest BCUT2D eigenvalue weighted by Crippen LogP contribution is 2.49. The maximum absolute atomic E-state index is 15.1. The Kier molecular flexibility index (Phi) is 9.65. The molecule has 83 heavy (non-hydrogen) atoms. The number of rotatable bonds is 8. The lowest BCUT2D eigenvalue weighted by atomic mass is 9.82. The van der Waals surface area contributed by atoms with Crippen LogP contribution in [0.1, 0.15) is 96.7 Å². The minimum Gasteiger partial charge on any atom is -0.377 e. The van der Waals surface area contributed by atoms with Gasteiger partial charge in [0.1, 0.15) is 23.3 Å². The third-order valence-electron chi connectivity index (χ3n) is 17.2. The molecule has 2 unspecified atom stereocenters. The summed E-state index contributed by atoms with van der Waals surface area (Å²) in [5, 5.41) is 9.31. The first-order valence-corrected chi connectivity index (χ1v) is 26.5. The second-order valence-electron chi connectivity index (χ2n) is 21.6. The third kappa shape index (κ3) is 6.12. The number of imide groups is 4. The second kappa shape index (κ2) is 16.5. The van der Waals surface area contributed by atoms with E-state index in [2.05, 4.69) is 0 Å². The highest BCUT2D eigenvalue weighted by molar-refractivity contribution is 6.46. The Labute approximate surface area is 463 Å². The van der Waals surface area contributed by atoms with Crippen LogP contribution in [0.3, 0.4) is 0 Å². The molecule has 4 aliphatic rings. The molecule has 12 aromatic carbocycles. The van der Waals surface area contributed by atoms with Crippen molar-refractivity contribution < 1.29 is 60.7 Å². The van der Waals surface area contributed by atoms with Crippen LogP contribution in [0.5, 0.6) is 0 Å². The molecule has 0 N–H and O–H groups in total. The summed E-state index contributed by atoms with van der Waals surface area (Å²) < 4.78 is 64.0. The number of anilines is 2. The van der Waals surface area contributed by atoms with Crippen molar-refractivity contribution in [2.45, 2.75) is 25.9 Å². The van der Waals surface area contributed by atoms with E-state index in [0.717, 1.165) is 34.1 Å². The SMILES string of the molecule is CC(COCC(C)N1C(=O)c2ccc3c4ccc5c6c(ccc(c7ccc(c2c37)C1=O)c64)C(=O)N(c1ccc(F)cc1F)C5=O)N1C(=O)c2ccc3c4ccc5c6c(ccc(c7ccc(c2c37)C1=O)c64)C(=O)N(c1ccc(F)cc1F)C5=O. The van der Waals surface area contributed by atoms with Gasteiger partial charge in [0, 0.05) is 78.2 Å². The van der Waals surface area contributed by atoms with Crippen molar-refractivity contribution in [3.8, 4) is 0 Å². The lowest BCUT2D eigenvalue weighted by Crippen LogP contribution is -2.49. The van der Waals surface area contributed by atoms with Crippen molar-refractivity contribution in [1.29, 1.82) is 0 Å². The molecule has 400 valence electrons. The summed E-state index contributed by atoms with van der Waals surface area (Å²) >= 11 is 0. The number of benzene rings is 12. The highest BCUT2D eigenvalue weighted by atomic mass is 19.1. The van der Waals surface area contributed by atoms with Crippen LogP contribution in [-0.4, -0.2) is 82.4 Å². The van der Waals surface area contributed by atoms with E-state index in [0.29, 0.717) is 108 Å². The second-order valence-corrected chi connectivity index (χ2v) is 21.6. The fraction of sp³-hybridized carbons (Fsp3) is 0.0909. The van der Waals surface area contributed by atoms with Gasteiger partial charge in [-0.15, -0.1) is 0 Å². The van der Waals surface area contributed by atoms with Crippen molar-refractivity contribution >= 4 is 145 Å². The number of amides is 8. The smallest absolute Gasteiger partial charge is 0.266 e. The van der Waals surface area contributed by atoms with Crippen LogP contribution in [0.2, 0.25) is 0 Å². The Bertz CT molecular complexity index is 4650. The first-order valence-electron chi connectivity index (χ1n) is 26.5. The van der Waals surface area contributed by atoms with E-state index in [1.54, 1.807) is 111 Å². The minimum atomic E-state index is -1.07. The maximum atomic E-state index is 15.1. The summed E-state index contributed by atoms with van der Waals surface area (Å²) in [6.45, 7) is 3.03. The number of halogens is 4. The number of ether oxygens (including phenoxy) is 1. The molecule has 13 nitrogen and oxygen atoms in total. The van der Waals surface area contributed by atoms with Crippen molar-refractivity contribution in [3.05, 3.63) is 201 Å². The molecule has 0 bridgehead atoms. The topological polar surface area (TPSA) is 159 Å². The molecule has 0 saturated heterocycles. The molecule has 4 aliphatic heterocycles. The van der Waals surface area contributed by atoms with Crippen molar-refractivity contribution in [2.24, 2.45) is 0 Å². The standard InChI is InChI=1S/C66H34F4N4O9/c1-27(71-59(75)39-13-5-31-35-9-17-43-57-44(64(80)73(63(43)79)49-21-3-29(67)23-47(49)69)18-10-36(53(35)57)32-6-14-40(60(71)76)55(39)51(31)32)25-83-26-28(2)72-61(77)41-15-7-33-37-11-19-45-58-46(66(82)74(65(45)81)50-22-4-30(68)24-48(50)70)20-12-38(54(37)58)34-8-16-42(62(72)78)56(41)52(33)34/h3-24,27-28H,25-26H2,1-2H3. The molecule has 0 spiro atoms. The molecule has 0 saturated carbocycles. The van der Waals surface area contributed by atoms with Gasteiger partial charge in [-0.3, -0.25) is 48.2 Å². The van der Waals surface area contributed by atoms with Gasteiger partial charge in [-0.25, -0.2) is 27.4 Å². The van der Waals surface area contributed by atoms with Crippen LogP contribution < -0.4 is 9.80 Å². The van der Waals surface area contributed by atoms with E-state index in [4.69, 9.17) is 4.74 Å². The zero-order valence-corrected chi connectivity index (χ0v) is 43.2. The van der Waals surface area contributed by atoms with Gasteiger partial charge in [-0.1, -0.05) is 48.5 Å². The predicted octanol–water partition coefficient (Wildman–Crippen LogP) is 12.6. The molecule has 2 atom stereocenters. The van der Waals surface area contributed by atoms with E-state index in [1.807, 2.05) is 0 Å². The fourth-order valence-corrected chi connectivity index (χ4v) is 13.7. The van der Waals surface area contributed by atoms with E-state index >= 15 is 8.78 Å². The van der Waals surface area contributed by atoms with Gasteiger partial charge < -0.3 is 4.74 Å². The Morgan fingerprint density at radius 3 is 0.771 bits per heavy atom. The Morgan fingerprint density at radius 1 is 0.313 bits per heavy atom. The van der Waals surface area contributed by atoms with E-state index in [9.17, 15) is 47.1 Å². The first kappa shape index (κ1) is 48.4. The lowest BCUT2D eigenvalue weighted by molar-refractivity contribution is 0.0236. The summed E-state index contributed by atoms with van der Waals surface area (Å²) in [6, 6.07) is 30.4. The monoisotopic (exact) mass is 1100 g/mol. The van der Waals surface area contributed by atoms with E-state index in [-0.39, 0.29) is 69.1 Å². The average molecular weight is 1100 g/mol. The number of hydrogen-bond donors (Lipinski definition) is 0. The summed E-state index contributed by atoms with van der Waals surface area (Å²) in [4.78, 5) is 118. The number of hydrogen-bond acceptors (Lipinski definition) is 9. The van der Waals surface area contributed by atoms with Crippen LogP contribution in [0.25, 0.3) is 86.2 Å². The quantitative estimate of drug-likeness (QED) is 0.0625. The van der Waals surface area contributed by atoms with Crippen LogP contribution in [-0.2, 0) is 4.74 Å². The van der Waals surface area contributed by atoms with Crippen LogP contribution in [0.4, 0.5) is 28.9 Å². The summed E-state index contributed by atoms with van der Waals surface area (Å²) in [5.41, 5.74) is 0.868. The molecular weight excluding hydrogens is 1070 g/mol. The maximum Gasteiger partial charge on any atom is 0.266 e. The lowest BCUT2D eigenvalue weighted by Gasteiger charge is -2.34. The number of nitrogens with zero attached hydrogens (tertiary/aromatic N) is 4. The molecular formula is C66H34F4N4O9. The van der Waals surface area contributed by atoms with Crippen molar-refractivity contribution in [1.82, 2.24) is 9.80 Å². The van der Waals surface area contributed by atoms with Crippen molar-refractivity contribution in [2.75, 3.05) is 23.0 Å². The van der Waals surface area contributed by atoms with Crippen LogP contribution in [0, 0.1) is 23.3 Å². The average Bonchev–Trinajstić information content (AvgIpc) is 2.28. The number of fused-ring (bicyclic) bond motifs is 4. The van der Waals surface area contributed by atoms with Gasteiger partial charge in [0.05, 0.1) is 36.7 Å². The molecule has 17 heteroatoms. The Morgan fingerprint density at radius 2 is 0.542 bits per heavy atom. The zero-order valence-electron chi connectivity index (χ0n) is 43.2. The third-order valence-corrected chi connectivity index (χ3v) is 17.2. The van der Waals surface area contributed by atoms with Gasteiger partial charge in [0.15, 0.2) is 0 Å². The van der Waals surface area contributed by atoms with Gasteiger partial charge >= 0.3 is 0 Å². The molecule has 0 radical (unpaired) electrons. The highest BCUT2D eigenvalue weighted by Gasteiger charge is 2.43. The molecule has 0 aromatic heterocycles. The van der Waals surface area contributed by atoms with Gasteiger partial charge in [0.2, 0.25) is 0 Å². The molecule has 0 fully saturated rings. The Balaban J connectivity index is 0.673. The fourth-order valence-electron chi connectivity index (χ4n) is 13.7. The molecule has 0 aliphatic carbocycles. The number of carbonyl (C=O) groups is 8. The van der Waals surface area contributed by atoms with Gasteiger partial charge in [-0.05, 0) is 151 Å². The van der Waals surface area contributed by atoms with Gasteiger partial charge in [-0.2, -0.15) is 0 Å². The summed E-state index contributed by atoms with van der Waals surface area (Å²) in [5.74, 6) is -9.26. The van der Waals surface area contributed by atoms with Crippen LogP contribution in [0.15, 0.2) is 133 Å². The van der Waals surface area contributed by atoms with Crippen molar-refractivity contribution in [3.63, 3.8) is 0 Å². The normalized spacial score (nSPS) is 16.0. The first-order chi connectivity index (χ1) is 40.0. The minimum absolute atomic E-state index is 0.142. The molecule has 4 heterocycles. The Hall–Kier alpha value is -10.5. The summed E-state index contributed by atoms with van der Waals surface area (Å²) in [6.07, 6.45) is 0. The zero-order chi connectivity index (χ0) is 57.1. The van der Waals surface area contributed by atoms with Gasteiger partial charge in [0.25, 0.3) is 47.3 Å².